The summed E-state index contributed by atoms with van der Waals surface area (Å²) in [6.07, 6.45) is 2.66. The average molecular weight is 233 g/mol. The number of aliphatic hydroxyl groups excluding tert-OH is 1. The fraction of sp³-hybridized carbons (Fsp3) is 0.909. The van der Waals surface area contributed by atoms with Crippen LogP contribution in [0.4, 0.5) is 0 Å². The summed E-state index contributed by atoms with van der Waals surface area (Å²) in [4.78, 5) is 13.1. The molecule has 0 radical (unpaired) electrons. The van der Waals surface area contributed by atoms with Gasteiger partial charge in [0.05, 0.1) is 13.2 Å². The van der Waals surface area contributed by atoms with Gasteiger partial charge in [0.2, 0.25) is 5.91 Å². The molecule has 0 aliphatic heterocycles. The third-order valence-electron chi connectivity index (χ3n) is 2.23. The van der Waals surface area contributed by atoms with E-state index in [4.69, 9.17) is 14.6 Å². The first-order valence-corrected chi connectivity index (χ1v) is 5.64. The molecule has 0 aromatic carbocycles. The molecule has 16 heavy (non-hydrogen) atoms. The van der Waals surface area contributed by atoms with Crippen LogP contribution in [0.1, 0.15) is 19.3 Å². The molecule has 0 unspecified atom stereocenters. The quantitative estimate of drug-likeness (QED) is 0.550. The van der Waals surface area contributed by atoms with Crippen LogP contribution in [0.2, 0.25) is 0 Å². The third kappa shape index (κ3) is 8.64. The van der Waals surface area contributed by atoms with Gasteiger partial charge in [-0.1, -0.05) is 0 Å². The zero-order chi connectivity index (χ0) is 12.2. The van der Waals surface area contributed by atoms with E-state index in [1.807, 2.05) is 0 Å². The number of unbranched alkanes of at least 4 members (excludes halogenated alkanes) is 2. The Balaban J connectivity index is 3.42. The molecule has 0 saturated carbocycles. The highest BCUT2D eigenvalue weighted by molar-refractivity contribution is 5.77. The van der Waals surface area contributed by atoms with Crippen LogP contribution in [-0.2, 0) is 14.3 Å². The lowest BCUT2D eigenvalue weighted by Gasteiger charge is -2.16. The van der Waals surface area contributed by atoms with Crippen LogP contribution in [0.5, 0.6) is 0 Å². The SMILES string of the molecule is COCCOCC(=O)N(C)CCCCCO. The monoisotopic (exact) mass is 233 g/mol. The molecule has 0 bridgehead atoms. The average Bonchev–Trinajstić information content (AvgIpc) is 2.29. The molecule has 0 atom stereocenters. The molecule has 0 aliphatic carbocycles. The number of rotatable bonds is 10. The van der Waals surface area contributed by atoms with Crippen molar-refractivity contribution in [3.05, 3.63) is 0 Å². The summed E-state index contributed by atoms with van der Waals surface area (Å²) in [5.74, 6) is -0.0138. The number of nitrogens with zero attached hydrogens (tertiary/aromatic N) is 1. The van der Waals surface area contributed by atoms with E-state index >= 15 is 0 Å². The second kappa shape index (κ2) is 10.9. The van der Waals surface area contributed by atoms with Gasteiger partial charge in [0.1, 0.15) is 6.61 Å². The predicted molar refractivity (Wildman–Crippen MR) is 61.3 cm³/mol. The van der Waals surface area contributed by atoms with Gasteiger partial charge >= 0.3 is 0 Å². The van der Waals surface area contributed by atoms with Crippen LogP contribution in [0, 0.1) is 0 Å². The maximum Gasteiger partial charge on any atom is 0.248 e. The molecule has 1 N–H and O–H groups in total. The minimum absolute atomic E-state index is 0.0138. The van der Waals surface area contributed by atoms with Crippen molar-refractivity contribution in [1.82, 2.24) is 4.90 Å². The number of amides is 1. The molecular weight excluding hydrogens is 210 g/mol. The zero-order valence-electron chi connectivity index (χ0n) is 10.3. The fourth-order valence-electron chi connectivity index (χ4n) is 1.17. The summed E-state index contributed by atoms with van der Waals surface area (Å²) >= 11 is 0. The predicted octanol–water partition coefficient (Wildman–Crippen LogP) is 0.270. The Bertz CT molecular complexity index is 175. The molecule has 0 fully saturated rings. The van der Waals surface area contributed by atoms with E-state index in [1.165, 1.54) is 0 Å². The normalized spacial score (nSPS) is 10.4. The van der Waals surface area contributed by atoms with E-state index in [0.29, 0.717) is 19.8 Å². The van der Waals surface area contributed by atoms with Crippen LogP contribution in [0.25, 0.3) is 0 Å². The van der Waals surface area contributed by atoms with Gasteiger partial charge < -0.3 is 19.5 Å². The second-order valence-corrected chi connectivity index (χ2v) is 3.64. The molecule has 0 aromatic rings. The van der Waals surface area contributed by atoms with Crippen molar-refractivity contribution in [1.29, 1.82) is 0 Å². The molecular formula is C11H23NO4. The van der Waals surface area contributed by atoms with E-state index in [0.717, 1.165) is 19.3 Å². The maximum atomic E-state index is 11.5. The van der Waals surface area contributed by atoms with Gasteiger partial charge in [-0.15, -0.1) is 0 Å². The Morgan fingerprint density at radius 2 is 2.00 bits per heavy atom. The van der Waals surface area contributed by atoms with Gasteiger partial charge in [-0.2, -0.15) is 0 Å². The number of hydrogen-bond donors (Lipinski definition) is 1. The van der Waals surface area contributed by atoms with Crippen LogP contribution in [0.15, 0.2) is 0 Å². The summed E-state index contributed by atoms with van der Waals surface area (Å²) < 4.78 is 9.93. The molecule has 0 rings (SSSR count). The lowest BCUT2D eigenvalue weighted by atomic mass is 10.2. The lowest BCUT2D eigenvalue weighted by molar-refractivity contribution is -0.135. The van der Waals surface area contributed by atoms with Gasteiger partial charge in [0.15, 0.2) is 0 Å². The molecule has 0 aromatic heterocycles. The zero-order valence-corrected chi connectivity index (χ0v) is 10.3. The minimum atomic E-state index is -0.0138. The smallest absolute Gasteiger partial charge is 0.248 e. The number of ether oxygens (including phenoxy) is 2. The Morgan fingerprint density at radius 3 is 2.62 bits per heavy atom. The van der Waals surface area contributed by atoms with Gasteiger partial charge in [-0.05, 0) is 19.3 Å². The van der Waals surface area contributed by atoms with Gasteiger partial charge in [-0.25, -0.2) is 0 Å². The van der Waals surface area contributed by atoms with Crippen molar-refractivity contribution in [2.45, 2.75) is 19.3 Å². The van der Waals surface area contributed by atoms with Crippen LogP contribution in [-0.4, -0.2) is 63.0 Å². The number of likely N-dealkylation sites (N-methyl/N-ethyl adjacent to an activating group) is 1. The van der Waals surface area contributed by atoms with E-state index in [9.17, 15) is 4.79 Å². The Kier molecular flexibility index (Phi) is 10.4. The molecule has 1 amide bonds. The van der Waals surface area contributed by atoms with Crippen molar-refractivity contribution >= 4 is 5.91 Å². The Hall–Kier alpha value is -0.650. The van der Waals surface area contributed by atoms with Crippen LogP contribution >= 0.6 is 0 Å². The van der Waals surface area contributed by atoms with E-state index in [1.54, 1.807) is 19.1 Å². The maximum absolute atomic E-state index is 11.5. The number of carbonyl (C=O) groups excluding carboxylic acids is 1. The molecule has 0 aliphatic rings. The first-order valence-electron chi connectivity index (χ1n) is 5.64. The van der Waals surface area contributed by atoms with Gasteiger partial charge in [-0.3, -0.25) is 4.79 Å². The highest BCUT2D eigenvalue weighted by Gasteiger charge is 2.07. The summed E-state index contributed by atoms with van der Waals surface area (Å²) in [5, 5.41) is 8.59. The Morgan fingerprint density at radius 1 is 1.25 bits per heavy atom. The molecule has 5 nitrogen and oxygen atoms in total. The fourth-order valence-corrected chi connectivity index (χ4v) is 1.17. The number of methoxy groups -OCH3 is 1. The van der Waals surface area contributed by atoms with Crippen molar-refractivity contribution in [2.75, 3.05) is 47.1 Å². The topological polar surface area (TPSA) is 59.0 Å². The summed E-state index contributed by atoms with van der Waals surface area (Å²) in [6, 6.07) is 0. The number of carbonyl (C=O) groups is 1. The van der Waals surface area contributed by atoms with Crippen LogP contribution in [0.3, 0.4) is 0 Å². The molecule has 5 heteroatoms. The van der Waals surface area contributed by atoms with Crippen molar-refractivity contribution in [2.24, 2.45) is 0 Å². The first-order chi connectivity index (χ1) is 7.72. The standard InChI is InChI=1S/C11H23NO4/c1-12(6-4-3-5-7-13)11(14)10-16-9-8-15-2/h13H,3-10H2,1-2H3. The van der Waals surface area contributed by atoms with Crippen molar-refractivity contribution < 1.29 is 19.4 Å². The molecule has 96 valence electrons. The lowest BCUT2D eigenvalue weighted by Crippen LogP contribution is -2.31. The van der Waals surface area contributed by atoms with E-state index in [2.05, 4.69) is 0 Å². The Labute approximate surface area is 97.3 Å². The summed E-state index contributed by atoms with van der Waals surface area (Å²) in [6.45, 7) is 2.00. The first kappa shape index (κ1) is 15.3. The molecule has 0 spiro atoms. The molecule has 0 heterocycles. The van der Waals surface area contributed by atoms with E-state index < -0.39 is 0 Å². The van der Waals surface area contributed by atoms with Gasteiger partial charge in [0, 0.05) is 27.3 Å². The highest BCUT2D eigenvalue weighted by atomic mass is 16.5. The highest BCUT2D eigenvalue weighted by Crippen LogP contribution is 1.97. The van der Waals surface area contributed by atoms with Crippen LogP contribution < -0.4 is 0 Å². The largest absolute Gasteiger partial charge is 0.396 e. The third-order valence-corrected chi connectivity index (χ3v) is 2.23. The van der Waals surface area contributed by atoms with Gasteiger partial charge in [0.25, 0.3) is 0 Å². The minimum Gasteiger partial charge on any atom is -0.396 e. The summed E-state index contributed by atoms with van der Waals surface area (Å²) in [5.41, 5.74) is 0. The second-order valence-electron chi connectivity index (χ2n) is 3.64. The van der Waals surface area contributed by atoms with Crippen molar-refractivity contribution in [3.8, 4) is 0 Å². The number of aliphatic hydroxyl groups is 1. The number of hydrogen-bond acceptors (Lipinski definition) is 4. The molecule has 0 saturated heterocycles. The van der Waals surface area contributed by atoms with E-state index in [-0.39, 0.29) is 19.1 Å². The van der Waals surface area contributed by atoms with Crippen molar-refractivity contribution in [3.63, 3.8) is 0 Å². The summed E-state index contributed by atoms with van der Waals surface area (Å²) in [7, 11) is 3.36.